The fourth-order valence-corrected chi connectivity index (χ4v) is 4.96. The summed E-state index contributed by atoms with van der Waals surface area (Å²) >= 11 is 0. The lowest BCUT2D eigenvalue weighted by Gasteiger charge is -2.13. The lowest BCUT2D eigenvalue weighted by atomic mass is 9.91. The van der Waals surface area contributed by atoms with E-state index in [0.29, 0.717) is 0 Å². The summed E-state index contributed by atoms with van der Waals surface area (Å²) in [6.07, 6.45) is 8.54. The first-order chi connectivity index (χ1) is 6.42. The van der Waals surface area contributed by atoms with Crippen molar-refractivity contribution in [2.24, 2.45) is 35.5 Å². The van der Waals surface area contributed by atoms with Crippen LogP contribution < -0.4 is 0 Å². The van der Waals surface area contributed by atoms with Crippen LogP contribution in [0, 0.1) is 35.5 Å². The van der Waals surface area contributed by atoms with Crippen LogP contribution in [0.15, 0.2) is 11.6 Å². The smallest absolute Gasteiger partial charge is 0.0135 e. The van der Waals surface area contributed by atoms with Crippen molar-refractivity contribution in [2.75, 3.05) is 0 Å². The summed E-state index contributed by atoms with van der Waals surface area (Å²) in [6.45, 7) is 2.31. The third-order valence-electron chi connectivity index (χ3n) is 5.31. The molecule has 0 spiro atoms. The van der Waals surface area contributed by atoms with Gasteiger partial charge in [-0.2, -0.15) is 0 Å². The third-order valence-corrected chi connectivity index (χ3v) is 5.31. The first-order valence-electron chi connectivity index (χ1n) is 6.12. The molecule has 4 fully saturated rings. The molecule has 0 aliphatic heterocycles. The number of hydrogen-bond acceptors (Lipinski definition) is 0. The van der Waals surface area contributed by atoms with E-state index < -0.39 is 0 Å². The van der Waals surface area contributed by atoms with Crippen molar-refractivity contribution in [3.8, 4) is 0 Å². The Balaban J connectivity index is 1.60. The molecule has 0 saturated heterocycles. The van der Waals surface area contributed by atoms with E-state index in [-0.39, 0.29) is 0 Å². The van der Waals surface area contributed by atoms with E-state index in [9.17, 15) is 0 Å². The maximum atomic E-state index is 2.69. The molecule has 0 nitrogen and oxygen atoms in total. The van der Waals surface area contributed by atoms with Crippen molar-refractivity contribution >= 4 is 0 Å². The molecule has 0 heteroatoms. The summed E-state index contributed by atoms with van der Waals surface area (Å²) in [4.78, 5) is 0. The second kappa shape index (κ2) is 2.04. The van der Waals surface area contributed by atoms with Crippen molar-refractivity contribution in [2.45, 2.75) is 32.6 Å². The fraction of sp³-hybridized carbons (Fsp3) is 0.846. The van der Waals surface area contributed by atoms with Gasteiger partial charge in [0.15, 0.2) is 0 Å². The van der Waals surface area contributed by atoms with Gasteiger partial charge in [-0.25, -0.2) is 0 Å². The Morgan fingerprint density at radius 1 is 1.31 bits per heavy atom. The predicted molar refractivity (Wildman–Crippen MR) is 53.2 cm³/mol. The van der Waals surface area contributed by atoms with Gasteiger partial charge in [-0.05, 0) is 54.8 Å². The van der Waals surface area contributed by atoms with Crippen molar-refractivity contribution in [1.29, 1.82) is 0 Å². The van der Waals surface area contributed by atoms with Crippen LogP contribution in [0.3, 0.4) is 0 Å². The lowest BCUT2D eigenvalue weighted by Crippen LogP contribution is -2.04. The molecule has 5 aliphatic rings. The maximum Gasteiger partial charge on any atom is -0.0135 e. The molecule has 0 radical (unpaired) electrons. The van der Waals surface area contributed by atoms with Crippen LogP contribution in [0.4, 0.5) is 0 Å². The zero-order chi connectivity index (χ0) is 8.58. The normalized spacial score (nSPS) is 58.7. The molecule has 0 heterocycles. The quantitative estimate of drug-likeness (QED) is 0.576. The standard InChI is InChI=1S/C13H18/c1-2-3-4-7-5-8-9-6-10-12(8)13(10)11(7)9/h5,8-13H,2-4,6H2,1H3. The maximum absolute atomic E-state index is 2.69. The van der Waals surface area contributed by atoms with Crippen LogP contribution in [0.2, 0.25) is 0 Å². The van der Waals surface area contributed by atoms with Gasteiger partial charge in [-0.15, -0.1) is 0 Å². The van der Waals surface area contributed by atoms with Gasteiger partial charge in [0.25, 0.3) is 0 Å². The van der Waals surface area contributed by atoms with Crippen LogP contribution in [-0.2, 0) is 0 Å². The predicted octanol–water partition coefficient (Wildman–Crippen LogP) is 3.24. The zero-order valence-electron chi connectivity index (χ0n) is 8.37. The molecule has 5 aliphatic carbocycles. The molecule has 0 amide bonds. The van der Waals surface area contributed by atoms with Gasteiger partial charge >= 0.3 is 0 Å². The highest BCUT2D eigenvalue weighted by Gasteiger charge is 2.75. The SMILES string of the molecule is CCCCC1=CC2C3CC4C2C4C13. The van der Waals surface area contributed by atoms with Crippen molar-refractivity contribution < 1.29 is 0 Å². The molecular weight excluding hydrogens is 156 g/mol. The van der Waals surface area contributed by atoms with Crippen LogP contribution in [0.1, 0.15) is 32.6 Å². The first kappa shape index (κ1) is 7.09. The van der Waals surface area contributed by atoms with Crippen molar-refractivity contribution in [3.63, 3.8) is 0 Å². The zero-order valence-corrected chi connectivity index (χ0v) is 8.37. The number of hydrogen-bond donors (Lipinski definition) is 0. The van der Waals surface area contributed by atoms with Crippen molar-refractivity contribution in [1.82, 2.24) is 0 Å². The van der Waals surface area contributed by atoms with Gasteiger partial charge in [0.2, 0.25) is 0 Å². The van der Waals surface area contributed by atoms with E-state index in [0.717, 1.165) is 17.8 Å². The molecular formula is C13H18. The number of rotatable bonds is 3. The average molecular weight is 174 g/mol. The molecule has 4 saturated carbocycles. The summed E-state index contributed by atoms with van der Waals surface area (Å²) < 4.78 is 0. The van der Waals surface area contributed by atoms with Crippen LogP contribution in [0.5, 0.6) is 0 Å². The Hall–Kier alpha value is -0.260. The van der Waals surface area contributed by atoms with Gasteiger partial charge in [-0.1, -0.05) is 25.0 Å². The van der Waals surface area contributed by atoms with Crippen molar-refractivity contribution in [3.05, 3.63) is 11.6 Å². The Bertz CT molecular complexity index is 288. The molecule has 6 atom stereocenters. The Labute approximate surface area is 80.4 Å². The van der Waals surface area contributed by atoms with Crippen LogP contribution in [0.25, 0.3) is 0 Å². The van der Waals surface area contributed by atoms with Gasteiger partial charge in [0.1, 0.15) is 0 Å². The number of allylic oxidation sites excluding steroid dienone is 2. The second-order valence-electron chi connectivity index (χ2n) is 5.67. The molecule has 0 aromatic heterocycles. The third kappa shape index (κ3) is 0.639. The first-order valence-corrected chi connectivity index (χ1v) is 6.12. The second-order valence-corrected chi connectivity index (χ2v) is 5.67. The van der Waals surface area contributed by atoms with E-state index in [2.05, 4.69) is 13.0 Å². The van der Waals surface area contributed by atoms with Gasteiger partial charge in [0, 0.05) is 0 Å². The Morgan fingerprint density at radius 2 is 2.23 bits per heavy atom. The highest BCUT2D eigenvalue weighted by atomic mass is 14.8. The topological polar surface area (TPSA) is 0 Å². The van der Waals surface area contributed by atoms with E-state index in [1.807, 2.05) is 5.57 Å². The lowest BCUT2D eigenvalue weighted by molar-refractivity contribution is 0.452. The minimum absolute atomic E-state index is 1.08. The molecule has 0 N–H and O–H groups in total. The molecule has 0 aromatic rings. The minimum Gasteiger partial charge on any atom is -0.0813 e. The Kier molecular flexibility index (Phi) is 1.11. The minimum atomic E-state index is 1.08. The van der Waals surface area contributed by atoms with E-state index in [1.54, 1.807) is 6.42 Å². The molecule has 13 heavy (non-hydrogen) atoms. The van der Waals surface area contributed by atoms with Crippen LogP contribution in [-0.4, -0.2) is 0 Å². The summed E-state index contributed by atoms with van der Waals surface area (Å²) in [5, 5.41) is 0. The largest absolute Gasteiger partial charge is 0.0813 e. The molecule has 0 aromatic carbocycles. The van der Waals surface area contributed by atoms with E-state index >= 15 is 0 Å². The molecule has 6 unspecified atom stereocenters. The van der Waals surface area contributed by atoms with E-state index in [4.69, 9.17) is 0 Å². The number of unbranched alkanes of at least 4 members (excludes halogenated alkanes) is 1. The molecule has 6 bridgehead atoms. The Morgan fingerprint density at radius 3 is 2.85 bits per heavy atom. The highest BCUT2D eigenvalue weighted by Crippen LogP contribution is 2.80. The highest BCUT2D eigenvalue weighted by molar-refractivity contribution is 5.37. The average Bonchev–Trinajstić information content (AvgIpc) is 2.57. The van der Waals surface area contributed by atoms with Gasteiger partial charge in [-0.3, -0.25) is 0 Å². The van der Waals surface area contributed by atoms with E-state index in [1.165, 1.54) is 37.0 Å². The van der Waals surface area contributed by atoms with Gasteiger partial charge in [0.05, 0.1) is 0 Å². The summed E-state index contributed by atoms with van der Waals surface area (Å²) in [5.74, 6) is 6.92. The van der Waals surface area contributed by atoms with Gasteiger partial charge < -0.3 is 0 Å². The summed E-state index contributed by atoms with van der Waals surface area (Å²) in [5.41, 5.74) is 1.89. The van der Waals surface area contributed by atoms with Crippen LogP contribution >= 0.6 is 0 Å². The molecule has 70 valence electrons. The fourth-order valence-electron chi connectivity index (χ4n) is 4.96. The monoisotopic (exact) mass is 174 g/mol. The summed E-state index contributed by atoms with van der Waals surface area (Å²) in [7, 11) is 0. The summed E-state index contributed by atoms with van der Waals surface area (Å²) in [6, 6.07) is 0. The molecule has 5 rings (SSSR count).